The van der Waals surface area contributed by atoms with E-state index in [9.17, 15) is 9.59 Å². The van der Waals surface area contributed by atoms with E-state index in [0.717, 1.165) is 90.7 Å². The molecule has 1 aromatic heterocycles. The van der Waals surface area contributed by atoms with Crippen molar-refractivity contribution >= 4 is 12.3 Å². The largest absolute Gasteiger partial charge is 0.343 e. The zero-order valence-electron chi connectivity index (χ0n) is 17.8. The van der Waals surface area contributed by atoms with Gasteiger partial charge in [0.15, 0.2) is 5.69 Å². The third-order valence-electron chi connectivity index (χ3n) is 6.87. The molecule has 1 atom stereocenters. The molecule has 160 valence electrons. The molecule has 3 aliphatic rings. The van der Waals surface area contributed by atoms with Crippen LogP contribution in [0.4, 0.5) is 0 Å². The van der Waals surface area contributed by atoms with Gasteiger partial charge in [-0.15, -0.1) is 0 Å². The van der Waals surface area contributed by atoms with Crippen LogP contribution in [-0.2, 0) is 24.2 Å². The van der Waals surface area contributed by atoms with E-state index in [0.29, 0.717) is 11.7 Å². The molecular weight excluding hydrogens is 366 g/mol. The Morgan fingerprint density at radius 3 is 2.45 bits per heavy atom. The Labute approximate surface area is 174 Å². The van der Waals surface area contributed by atoms with E-state index in [1.165, 1.54) is 24.1 Å². The van der Waals surface area contributed by atoms with Crippen molar-refractivity contribution in [3.8, 4) is 0 Å². The Morgan fingerprint density at radius 2 is 1.79 bits per heavy atom. The molecule has 2 fully saturated rings. The molecule has 29 heavy (non-hydrogen) atoms. The first-order valence-corrected chi connectivity index (χ1v) is 11.5. The first-order valence-electron chi connectivity index (χ1n) is 11.5. The minimum absolute atomic E-state index is 0.143. The Hall–Kier alpha value is -1.89. The van der Waals surface area contributed by atoms with Crippen molar-refractivity contribution in [2.75, 3.05) is 39.3 Å². The second kappa shape index (κ2) is 9.28. The molecule has 2 saturated heterocycles. The molecule has 2 aliphatic heterocycles. The summed E-state index contributed by atoms with van der Waals surface area (Å²) in [6.45, 7) is 8.26. The number of nitrogens with zero attached hydrogens (tertiary/aromatic N) is 5. The predicted molar refractivity (Wildman–Crippen MR) is 112 cm³/mol. The van der Waals surface area contributed by atoms with Crippen molar-refractivity contribution in [3.05, 3.63) is 17.0 Å². The van der Waals surface area contributed by atoms with Crippen molar-refractivity contribution in [2.45, 2.75) is 70.9 Å². The molecule has 0 aromatic carbocycles. The van der Waals surface area contributed by atoms with Gasteiger partial charge in [-0.05, 0) is 38.5 Å². The molecule has 3 heterocycles. The molecule has 0 N–H and O–H groups in total. The summed E-state index contributed by atoms with van der Waals surface area (Å²) in [4.78, 5) is 30.8. The lowest BCUT2D eigenvalue weighted by atomic mass is 9.89. The zero-order chi connectivity index (χ0) is 20.2. The van der Waals surface area contributed by atoms with Crippen molar-refractivity contribution in [1.82, 2.24) is 24.5 Å². The number of likely N-dealkylation sites (tertiary alicyclic amines) is 1. The fourth-order valence-corrected chi connectivity index (χ4v) is 5.18. The first-order chi connectivity index (χ1) is 14.2. The van der Waals surface area contributed by atoms with Crippen LogP contribution < -0.4 is 0 Å². The number of hydrogen-bond donors (Lipinski definition) is 0. The van der Waals surface area contributed by atoms with Crippen LogP contribution in [0.3, 0.4) is 0 Å². The topological polar surface area (TPSA) is 61.7 Å². The van der Waals surface area contributed by atoms with Gasteiger partial charge in [-0.25, -0.2) is 0 Å². The summed E-state index contributed by atoms with van der Waals surface area (Å²) in [7, 11) is 0. The molecule has 0 saturated carbocycles. The monoisotopic (exact) mass is 401 g/mol. The molecule has 0 unspecified atom stereocenters. The predicted octanol–water partition coefficient (Wildman–Crippen LogP) is 1.94. The Balaban J connectivity index is 1.54. The first kappa shape index (κ1) is 20.4. The second-order valence-corrected chi connectivity index (χ2v) is 8.78. The van der Waals surface area contributed by atoms with Crippen LogP contribution in [0.5, 0.6) is 0 Å². The lowest BCUT2D eigenvalue weighted by Gasteiger charge is -2.39. The SMILES string of the molecule is CCCn1nc(C(=O)N2CCCCCC2)c2c1CC[C@H](N1CCN(C=O)CC1)C2. The summed E-state index contributed by atoms with van der Waals surface area (Å²) < 4.78 is 2.11. The van der Waals surface area contributed by atoms with E-state index < -0.39 is 0 Å². The van der Waals surface area contributed by atoms with Gasteiger partial charge in [-0.1, -0.05) is 19.8 Å². The average molecular weight is 402 g/mol. The van der Waals surface area contributed by atoms with Gasteiger partial charge in [0.2, 0.25) is 6.41 Å². The number of carbonyl (C=O) groups excluding carboxylic acids is 2. The molecule has 0 spiro atoms. The highest BCUT2D eigenvalue weighted by Crippen LogP contribution is 2.29. The third kappa shape index (κ3) is 4.34. The van der Waals surface area contributed by atoms with Crippen molar-refractivity contribution in [1.29, 1.82) is 0 Å². The highest BCUT2D eigenvalue weighted by molar-refractivity contribution is 5.94. The van der Waals surface area contributed by atoms with Crippen LogP contribution in [0.1, 0.15) is 67.2 Å². The number of hydrogen-bond acceptors (Lipinski definition) is 4. The van der Waals surface area contributed by atoms with E-state index in [-0.39, 0.29) is 5.91 Å². The van der Waals surface area contributed by atoms with E-state index in [1.54, 1.807) is 0 Å². The fraction of sp³-hybridized carbons (Fsp3) is 0.773. The Morgan fingerprint density at radius 1 is 1.07 bits per heavy atom. The maximum absolute atomic E-state index is 13.4. The highest BCUT2D eigenvalue weighted by atomic mass is 16.2. The minimum Gasteiger partial charge on any atom is -0.343 e. The molecule has 7 nitrogen and oxygen atoms in total. The summed E-state index contributed by atoms with van der Waals surface area (Å²) in [5.41, 5.74) is 3.20. The van der Waals surface area contributed by atoms with Crippen LogP contribution in [-0.4, -0.2) is 82.1 Å². The van der Waals surface area contributed by atoms with Gasteiger partial charge >= 0.3 is 0 Å². The Kier molecular flexibility index (Phi) is 6.53. The van der Waals surface area contributed by atoms with E-state index in [2.05, 4.69) is 16.5 Å². The maximum atomic E-state index is 13.4. The summed E-state index contributed by atoms with van der Waals surface area (Å²) in [6, 6.07) is 0.450. The van der Waals surface area contributed by atoms with Crippen LogP contribution in [0.25, 0.3) is 0 Å². The lowest BCUT2D eigenvalue weighted by molar-refractivity contribution is -0.120. The molecule has 4 rings (SSSR count). The van der Waals surface area contributed by atoms with E-state index in [1.807, 2.05) is 9.80 Å². The number of fused-ring (bicyclic) bond motifs is 1. The standard InChI is InChI=1S/C22H35N5O2/c1-2-9-27-20-8-7-18(25-14-12-24(17-28)13-15-25)16-19(20)21(23-27)22(29)26-10-5-3-4-6-11-26/h17-18H,2-16H2,1H3/t18-/m0/s1. The molecule has 0 bridgehead atoms. The normalized spacial score (nSPS) is 23.6. The lowest BCUT2D eigenvalue weighted by Crippen LogP contribution is -2.51. The number of aryl methyl sites for hydroxylation is 1. The van der Waals surface area contributed by atoms with Crippen molar-refractivity contribution in [2.24, 2.45) is 0 Å². The molecule has 7 heteroatoms. The molecule has 1 aliphatic carbocycles. The van der Waals surface area contributed by atoms with Gasteiger partial charge in [0.05, 0.1) is 0 Å². The van der Waals surface area contributed by atoms with Crippen LogP contribution >= 0.6 is 0 Å². The highest BCUT2D eigenvalue weighted by Gasteiger charge is 2.34. The zero-order valence-corrected chi connectivity index (χ0v) is 17.8. The van der Waals surface area contributed by atoms with Gasteiger partial charge in [-0.3, -0.25) is 19.2 Å². The number of piperazine rings is 1. The second-order valence-electron chi connectivity index (χ2n) is 8.78. The summed E-state index contributed by atoms with van der Waals surface area (Å²) in [5.74, 6) is 0.143. The minimum atomic E-state index is 0.143. The number of carbonyl (C=O) groups is 2. The summed E-state index contributed by atoms with van der Waals surface area (Å²) in [5, 5.41) is 4.84. The number of aromatic nitrogens is 2. The number of rotatable bonds is 5. The van der Waals surface area contributed by atoms with Crippen molar-refractivity contribution in [3.63, 3.8) is 0 Å². The summed E-state index contributed by atoms with van der Waals surface area (Å²) in [6.07, 6.45) is 9.66. The maximum Gasteiger partial charge on any atom is 0.274 e. The molecule has 0 radical (unpaired) electrons. The quantitative estimate of drug-likeness (QED) is 0.708. The third-order valence-corrected chi connectivity index (χ3v) is 6.87. The number of amides is 2. The summed E-state index contributed by atoms with van der Waals surface area (Å²) >= 11 is 0. The fourth-order valence-electron chi connectivity index (χ4n) is 5.18. The van der Waals surface area contributed by atoms with Gasteiger partial charge in [-0.2, -0.15) is 5.10 Å². The van der Waals surface area contributed by atoms with Gasteiger partial charge in [0.25, 0.3) is 5.91 Å². The molecular formula is C22H35N5O2. The van der Waals surface area contributed by atoms with Crippen LogP contribution in [0.2, 0.25) is 0 Å². The van der Waals surface area contributed by atoms with Gasteiger partial charge in [0.1, 0.15) is 0 Å². The van der Waals surface area contributed by atoms with E-state index in [4.69, 9.17) is 5.10 Å². The smallest absolute Gasteiger partial charge is 0.274 e. The average Bonchev–Trinajstić information content (AvgIpc) is 2.93. The van der Waals surface area contributed by atoms with E-state index >= 15 is 0 Å². The molecule has 1 aromatic rings. The molecule has 2 amide bonds. The van der Waals surface area contributed by atoms with Crippen molar-refractivity contribution < 1.29 is 9.59 Å². The van der Waals surface area contributed by atoms with Crippen LogP contribution in [0, 0.1) is 0 Å². The van der Waals surface area contributed by atoms with Crippen LogP contribution in [0.15, 0.2) is 0 Å². The Bertz CT molecular complexity index is 715. The van der Waals surface area contributed by atoms with Gasteiger partial charge < -0.3 is 9.80 Å². The van der Waals surface area contributed by atoms with Gasteiger partial charge in [0, 0.05) is 63.1 Å².